The zero-order valence-corrected chi connectivity index (χ0v) is 21.5. The Labute approximate surface area is 212 Å². The number of aromatic nitrogens is 1. The Hall–Kier alpha value is -2.84. The summed E-state index contributed by atoms with van der Waals surface area (Å²) in [6.07, 6.45) is 4.05. The van der Waals surface area contributed by atoms with Crippen LogP contribution in [-0.2, 0) is 21.4 Å². The van der Waals surface area contributed by atoms with E-state index in [1.54, 1.807) is 12.1 Å². The fraction of sp³-hybridized carbons (Fsp3) is 0.536. The Morgan fingerprint density at radius 1 is 1.22 bits per heavy atom. The van der Waals surface area contributed by atoms with Gasteiger partial charge in [0, 0.05) is 62.8 Å². The second kappa shape index (κ2) is 9.90. The van der Waals surface area contributed by atoms with Gasteiger partial charge in [0.1, 0.15) is 5.82 Å². The van der Waals surface area contributed by atoms with Crippen LogP contribution in [0.5, 0.6) is 0 Å². The van der Waals surface area contributed by atoms with E-state index in [0.29, 0.717) is 32.5 Å². The summed E-state index contributed by atoms with van der Waals surface area (Å²) in [7, 11) is 0. The third kappa shape index (κ3) is 5.15. The number of rotatable bonds is 6. The fourth-order valence-corrected chi connectivity index (χ4v) is 5.75. The lowest BCUT2D eigenvalue weighted by molar-refractivity contribution is -0.128. The van der Waals surface area contributed by atoms with Crippen LogP contribution in [0.25, 0.3) is 0 Å². The lowest BCUT2D eigenvalue weighted by Crippen LogP contribution is -2.60. The molecule has 0 bridgehead atoms. The fourth-order valence-electron chi connectivity index (χ4n) is 5.75. The van der Waals surface area contributed by atoms with Crippen molar-refractivity contribution in [3.05, 3.63) is 59.2 Å². The molecule has 5 rings (SSSR count). The van der Waals surface area contributed by atoms with Crippen molar-refractivity contribution in [2.45, 2.75) is 57.5 Å². The maximum Gasteiger partial charge on any atom is 0.241 e. The number of hydrogen-bond donors (Lipinski definition) is 1. The van der Waals surface area contributed by atoms with Gasteiger partial charge in [-0.05, 0) is 49.1 Å². The maximum absolute atomic E-state index is 13.7. The lowest BCUT2D eigenvalue weighted by Gasteiger charge is -2.41. The molecule has 2 atom stereocenters. The molecule has 0 radical (unpaired) electrons. The first kappa shape index (κ1) is 24.8. The van der Waals surface area contributed by atoms with Crippen molar-refractivity contribution in [1.29, 1.82) is 0 Å². The highest BCUT2D eigenvalue weighted by atomic mass is 19.1. The number of amides is 2. The predicted molar refractivity (Wildman–Crippen MR) is 137 cm³/mol. The minimum absolute atomic E-state index is 0.0643. The van der Waals surface area contributed by atoms with Crippen LogP contribution in [0.1, 0.15) is 50.4 Å². The number of benzene rings is 1. The molecule has 8 heteroatoms. The van der Waals surface area contributed by atoms with Crippen molar-refractivity contribution in [2.24, 2.45) is 0 Å². The molecule has 0 spiro atoms. The highest BCUT2D eigenvalue weighted by molar-refractivity contribution is 5.97. The first-order valence-corrected chi connectivity index (χ1v) is 13.0. The van der Waals surface area contributed by atoms with E-state index in [4.69, 9.17) is 4.98 Å². The maximum atomic E-state index is 13.7. The minimum atomic E-state index is -0.251. The molecule has 2 aromatic rings. The lowest BCUT2D eigenvalue weighted by atomic mass is 9.91. The van der Waals surface area contributed by atoms with E-state index >= 15 is 0 Å². The molecule has 2 saturated heterocycles. The summed E-state index contributed by atoms with van der Waals surface area (Å²) in [5.74, 6) is 0.0308. The summed E-state index contributed by atoms with van der Waals surface area (Å²) in [5.41, 5.74) is 3.57. The van der Waals surface area contributed by atoms with Gasteiger partial charge in [-0.3, -0.25) is 19.5 Å². The van der Waals surface area contributed by atoms with Gasteiger partial charge in [-0.2, -0.15) is 0 Å². The Kier molecular flexibility index (Phi) is 6.83. The van der Waals surface area contributed by atoms with Crippen LogP contribution in [0.4, 0.5) is 10.1 Å². The molecule has 0 saturated carbocycles. The summed E-state index contributed by atoms with van der Waals surface area (Å²) in [5, 5.41) is 3.52. The second-order valence-electron chi connectivity index (χ2n) is 11.2. The summed E-state index contributed by atoms with van der Waals surface area (Å²) in [6, 6.07) is 8.97. The molecule has 0 unspecified atom stereocenters. The molecule has 3 aliphatic heterocycles. The van der Waals surface area contributed by atoms with Gasteiger partial charge in [0.05, 0.1) is 17.9 Å². The van der Waals surface area contributed by atoms with Crippen molar-refractivity contribution in [2.75, 3.05) is 44.2 Å². The third-order valence-electron chi connectivity index (χ3n) is 7.70. The topological polar surface area (TPSA) is 68.8 Å². The molecular formula is C28H36FN5O2. The molecule has 3 aliphatic rings. The van der Waals surface area contributed by atoms with E-state index in [0.717, 1.165) is 48.6 Å². The van der Waals surface area contributed by atoms with Gasteiger partial charge < -0.3 is 15.1 Å². The van der Waals surface area contributed by atoms with E-state index < -0.39 is 0 Å². The van der Waals surface area contributed by atoms with E-state index in [-0.39, 0.29) is 35.1 Å². The number of carbonyl (C=O) groups excluding carboxylic acids is 2. The van der Waals surface area contributed by atoms with Gasteiger partial charge in [-0.15, -0.1) is 0 Å². The largest absolute Gasteiger partial charge is 0.341 e. The van der Waals surface area contributed by atoms with Crippen LogP contribution in [0.15, 0.2) is 36.5 Å². The van der Waals surface area contributed by atoms with Gasteiger partial charge >= 0.3 is 0 Å². The predicted octanol–water partition coefficient (Wildman–Crippen LogP) is 2.72. The number of halogens is 1. The molecule has 2 amide bonds. The van der Waals surface area contributed by atoms with Crippen molar-refractivity contribution >= 4 is 17.5 Å². The number of nitrogens with zero attached hydrogens (tertiary/aromatic N) is 4. The first-order valence-electron chi connectivity index (χ1n) is 13.0. The van der Waals surface area contributed by atoms with Crippen LogP contribution in [-0.4, -0.2) is 78.0 Å². The number of nitrogens with one attached hydrogen (secondary N) is 1. The molecular weight excluding hydrogens is 457 g/mol. The van der Waals surface area contributed by atoms with Crippen molar-refractivity contribution in [1.82, 2.24) is 20.1 Å². The van der Waals surface area contributed by atoms with Crippen LogP contribution in [0, 0.1) is 5.82 Å². The molecule has 7 nitrogen and oxygen atoms in total. The zero-order valence-electron chi connectivity index (χ0n) is 21.5. The van der Waals surface area contributed by atoms with Gasteiger partial charge in [0.15, 0.2) is 0 Å². The smallest absolute Gasteiger partial charge is 0.241 e. The van der Waals surface area contributed by atoms with Crippen molar-refractivity contribution in [3.8, 4) is 0 Å². The standard InChI is InChI=1S/C28H36FN5O2/c1-19-15-33(23(14-30-19)16-32-10-4-5-25(32)35)17-26(36)34-18-28(2,3)27-24(34)12-21(13-31-27)11-20-6-8-22(29)9-7-20/h6-9,12-13,19,23,30H,4-5,10-11,14-18H2,1-3H3/t19-,23-/m1/s1. The quantitative estimate of drug-likeness (QED) is 0.670. The molecule has 0 aliphatic carbocycles. The third-order valence-corrected chi connectivity index (χ3v) is 7.70. The summed E-state index contributed by atoms with van der Waals surface area (Å²) in [6.45, 7) is 10.3. The number of carbonyl (C=O) groups is 2. The van der Waals surface area contributed by atoms with E-state index in [1.807, 2.05) is 16.0 Å². The molecule has 36 heavy (non-hydrogen) atoms. The highest BCUT2D eigenvalue weighted by Crippen LogP contribution is 2.39. The number of likely N-dealkylation sites (tertiary alicyclic amines) is 1. The monoisotopic (exact) mass is 493 g/mol. The Morgan fingerprint density at radius 2 is 2.00 bits per heavy atom. The average molecular weight is 494 g/mol. The normalized spacial score (nSPS) is 23.8. The van der Waals surface area contributed by atoms with E-state index in [9.17, 15) is 14.0 Å². The number of fused-ring (bicyclic) bond motifs is 1. The van der Waals surface area contributed by atoms with Crippen molar-refractivity contribution in [3.63, 3.8) is 0 Å². The zero-order chi connectivity index (χ0) is 25.4. The number of pyridine rings is 1. The van der Waals surface area contributed by atoms with Crippen molar-refractivity contribution < 1.29 is 14.0 Å². The van der Waals surface area contributed by atoms with Crippen LogP contribution in [0.2, 0.25) is 0 Å². The minimum Gasteiger partial charge on any atom is -0.341 e. The molecule has 2 fully saturated rings. The van der Waals surface area contributed by atoms with Gasteiger partial charge in [-0.25, -0.2) is 4.39 Å². The van der Waals surface area contributed by atoms with Gasteiger partial charge in [0.25, 0.3) is 0 Å². The second-order valence-corrected chi connectivity index (χ2v) is 11.2. The van der Waals surface area contributed by atoms with Gasteiger partial charge in [0.2, 0.25) is 11.8 Å². The SMILES string of the molecule is C[C@@H]1CN(CC(=O)N2CC(C)(C)c3ncc(Cc4ccc(F)cc4)cc32)[C@@H](CN2CCCC2=O)CN1. The summed E-state index contributed by atoms with van der Waals surface area (Å²) in [4.78, 5) is 36.8. The highest BCUT2D eigenvalue weighted by Gasteiger charge is 2.41. The van der Waals surface area contributed by atoms with E-state index in [2.05, 4.69) is 37.1 Å². The van der Waals surface area contributed by atoms with Crippen LogP contribution < -0.4 is 10.2 Å². The molecule has 1 N–H and O–H groups in total. The Balaban J connectivity index is 1.34. The first-order chi connectivity index (χ1) is 17.2. The number of piperazine rings is 1. The van der Waals surface area contributed by atoms with Crippen LogP contribution in [0.3, 0.4) is 0 Å². The summed E-state index contributed by atoms with van der Waals surface area (Å²) < 4.78 is 13.3. The molecule has 4 heterocycles. The molecule has 192 valence electrons. The van der Waals surface area contributed by atoms with Crippen LogP contribution >= 0.6 is 0 Å². The van der Waals surface area contributed by atoms with Gasteiger partial charge in [-0.1, -0.05) is 26.0 Å². The number of anilines is 1. The average Bonchev–Trinajstić information content (AvgIpc) is 3.36. The number of hydrogen-bond acceptors (Lipinski definition) is 5. The summed E-state index contributed by atoms with van der Waals surface area (Å²) >= 11 is 0. The Bertz CT molecular complexity index is 1140. The molecule has 1 aromatic heterocycles. The Morgan fingerprint density at radius 3 is 2.72 bits per heavy atom. The molecule has 1 aromatic carbocycles. The van der Waals surface area contributed by atoms with E-state index in [1.165, 1.54) is 12.1 Å².